The number of carbonyl (C=O) groups is 2. The van der Waals surface area contributed by atoms with Gasteiger partial charge in [0.25, 0.3) is 5.91 Å². The molecule has 1 aliphatic rings. The highest BCUT2D eigenvalue weighted by Gasteiger charge is 2.35. The number of nitrogens with zero attached hydrogens (tertiary/aromatic N) is 2. The van der Waals surface area contributed by atoms with E-state index in [-0.39, 0.29) is 0 Å². The first-order valence-electron chi connectivity index (χ1n) is 10.6. The molecule has 3 rings (SSSR count). The number of ether oxygens (including phenoxy) is 1. The molecule has 7 heteroatoms. The van der Waals surface area contributed by atoms with Gasteiger partial charge in [0.2, 0.25) is 0 Å². The second kappa shape index (κ2) is 9.69. The van der Waals surface area contributed by atoms with Gasteiger partial charge < -0.3 is 19.0 Å². The van der Waals surface area contributed by atoms with E-state index >= 15 is 0 Å². The molecule has 0 aromatic carbocycles. The van der Waals surface area contributed by atoms with Crippen LogP contribution in [0.4, 0.5) is 0 Å². The van der Waals surface area contributed by atoms with Crippen molar-refractivity contribution in [3.05, 3.63) is 53.2 Å². The number of esters is 1. The summed E-state index contributed by atoms with van der Waals surface area (Å²) in [6.45, 7) is 6.10. The second-order valence-electron chi connectivity index (χ2n) is 8.15. The molecule has 0 saturated heterocycles. The molecule has 0 spiro atoms. The topological polar surface area (TPSA) is 97.3 Å². The number of aryl methyl sites for hydroxylation is 1. The molecular weight excluding hydrogens is 394 g/mol. The van der Waals surface area contributed by atoms with Gasteiger partial charge in [-0.05, 0) is 63.5 Å². The van der Waals surface area contributed by atoms with Crippen LogP contribution in [0.3, 0.4) is 0 Å². The predicted octanol–water partition coefficient (Wildman–Crippen LogP) is 4.03. The summed E-state index contributed by atoms with van der Waals surface area (Å²) < 4.78 is 12.8. The van der Waals surface area contributed by atoms with Gasteiger partial charge in [0.15, 0.2) is 6.10 Å². The van der Waals surface area contributed by atoms with E-state index < -0.39 is 23.5 Å². The van der Waals surface area contributed by atoms with E-state index in [4.69, 9.17) is 9.15 Å². The van der Waals surface area contributed by atoms with Gasteiger partial charge in [-0.1, -0.05) is 19.3 Å². The summed E-state index contributed by atoms with van der Waals surface area (Å²) in [5.74, 6) is -0.195. The molecule has 0 unspecified atom stereocenters. The molecule has 164 valence electrons. The quantitative estimate of drug-likeness (QED) is 0.536. The van der Waals surface area contributed by atoms with Gasteiger partial charge in [-0.3, -0.25) is 4.79 Å². The zero-order valence-corrected chi connectivity index (χ0v) is 18.3. The fraction of sp³-hybridized carbons (Fsp3) is 0.458. The number of nitrogens with one attached hydrogen (secondary N) is 1. The fourth-order valence-electron chi connectivity index (χ4n) is 3.98. The zero-order chi connectivity index (χ0) is 22.4. The molecule has 1 amide bonds. The molecule has 1 N–H and O–H groups in total. The van der Waals surface area contributed by atoms with Crippen LogP contribution in [0.2, 0.25) is 0 Å². The average Bonchev–Trinajstić information content (AvgIpc) is 3.36. The number of furan rings is 1. The van der Waals surface area contributed by atoms with Crippen molar-refractivity contribution < 1.29 is 18.7 Å². The summed E-state index contributed by atoms with van der Waals surface area (Å²) in [6, 6.07) is 7.99. The van der Waals surface area contributed by atoms with Crippen molar-refractivity contribution >= 4 is 18.0 Å². The molecule has 0 aliphatic heterocycles. The molecule has 2 aromatic heterocycles. The zero-order valence-electron chi connectivity index (χ0n) is 18.3. The van der Waals surface area contributed by atoms with Gasteiger partial charge >= 0.3 is 5.97 Å². The van der Waals surface area contributed by atoms with Gasteiger partial charge in [0.05, 0.1) is 18.9 Å². The van der Waals surface area contributed by atoms with Gasteiger partial charge in [-0.15, -0.1) is 0 Å². The van der Waals surface area contributed by atoms with Crippen molar-refractivity contribution in [1.29, 1.82) is 5.26 Å². The Hall–Kier alpha value is -3.27. The van der Waals surface area contributed by atoms with Gasteiger partial charge in [0.1, 0.15) is 11.3 Å². The molecular formula is C24H29N3O4. The summed E-state index contributed by atoms with van der Waals surface area (Å²) in [5, 5.41) is 12.3. The molecule has 2 heterocycles. The third-order valence-corrected chi connectivity index (χ3v) is 5.85. The Kier molecular flexibility index (Phi) is 7.01. The largest absolute Gasteiger partial charge is 0.467 e. The highest BCUT2D eigenvalue weighted by Crippen LogP contribution is 2.27. The first kappa shape index (κ1) is 22.4. The van der Waals surface area contributed by atoms with E-state index in [2.05, 4.69) is 16.0 Å². The Morgan fingerprint density at radius 2 is 2.10 bits per heavy atom. The number of rotatable bonds is 7. The molecule has 1 saturated carbocycles. The minimum absolute atomic E-state index is 0.443. The lowest BCUT2D eigenvalue weighted by molar-refractivity contribution is -0.150. The summed E-state index contributed by atoms with van der Waals surface area (Å²) in [4.78, 5) is 24.7. The van der Waals surface area contributed by atoms with Crippen molar-refractivity contribution in [2.75, 3.05) is 0 Å². The van der Waals surface area contributed by atoms with Gasteiger partial charge in [0, 0.05) is 17.5 Å². The number of hydrogen-bond acceptors (Lipinski definition) is 5. The van der Waals surface area contributed by atoms with Crippen LogP contribution >= 0.6 is 0 Å². The summed E-state index contributed by atoms with van der Waals surface area (Å²) >= 11 is 0. The summed E-state index contributed by atoms with van der Waals surface area (Å²) in [6.07, 6.45) is 7.81. The number of hydrogen-bond donors (Lipinski definition) is 1. The van der Waals surface area contributed by atoms with Crippen LogP contribution in [0.15, 0.2) is 35.0 Å². The van der Waals surface area contributed by atoms with E-state index in [0.29, 0.717) is 19.4 Å². The summed E-state index contributed by atoms with van der Waals surface area (Å²) in [7, 11) is 0. The van der Waals surface area contributed by atoms with Crippen molar-refractivity contribution in [3.8, 4) is 6.07 Å². The number of nitriles is 1. The summed E-state index contributed by atoms with van der Waals surface area (Å²) in [5.41, 5.74) is 2.09. The van der Waals surface area contributed by atoms with Crippen LogP contribution in [0.1, 0.15) is 61.7 Å². The second-order valence-corrected chi connectivity index (χ2v) is 8.15. The Labute approximate surface area is 182 Å². The molecule has 7 nitrogen and oxygen atoms in total. The van der Waals surface area contributed by atoms with Crippen LogP contribution in [0.5, 0.6) is 0 Å². The molecule has 0 bridgehead atoms. The van der Waals surface area contributed by atoms with Crippen LogP contribution < -0.4 is 5.32 Å². The predicted molar refractivity (Wildman–Crippen MR) is 116 cm³/mol. The minimum atomic E-state index is -0.976. The maximum Gasteiger partial charge on any atom is 0.331 e. The van der Waals surface area contributed by atoms with E-state index in [1.165, 1.54) is 13.0 Å². The lowest BCUT2D eigenvalue weighted by Gasteiger charge is -2.32. The molecule has 0 radical (unpaired) electrons. The number of carbonyl (C=O) groups excluding carboxylic acids is 2. The third-order valence-electron chi connectivity index (χ3n) is 5.85. The highest BCUT2D eigenvalue weighted by atomic mass is 16.5. The monoisotopic (exact) mass is 423 g/mol. The van der Waals surface area contributed by atoms with Crippen molar-refractivity contribution in [1.82, 2.24) is 9.88 Å². The Balaban J connectivity index is 1.59. The Morgan fingerprint density at radius 1 is 1.35 bits per heavy atom. The molecule has 2 aromatic rings. The molecule has 1 aliphatic carbocycles. The van der Waals surface area contributed by atoms with Gasteiger partial charge in [-0.2, -0.15) is 5.26 Å². The first-order chi connectivity index (χ1) is 14.8. The first-order valence-corrected chi connectivity index (χ1v) is 10.6. The van der Waals surface area contributed by atoms with E-state index in [9.17, 15) is 14.9 Å². The standard InChI is InChI=1S/C24H29N3O4/c1-17-14-20(18(2)27(17)15-21-8-7-13-30-21)9-10-22(28)31-19(3)23(29)26-24(16-25)11-5-4-6-12-24/h7-10,13-14,19H,4-6,11-12,15H2,1-3H3,(H,26,29)/b10-9+/t19-/m0/s1. The Bertz CT molecular complexity index is 989. The van der Waals surface area contributed by atoms with Crippen molar-refractivity contribution in [2.24, 2.45) is 0 Å². The van der Waals surface area contributed by atoms with Crippen molar-refractivity contribution in [2.45, 2.75) is 71.1 Å². The van der Waals surface area contributed by atoms with Crippen LogP contribution in [-0.4, -0.2) is 28.1 Å². The van der Waals surface area contributed by atoms with E-state index in [1.54, 1.807) is 12.3 Å². The minimum Gasteiger partial charge on any atom is -0.467 e. The average molecular weight is 424 g/mol. The highest BCUT2D eigenvalue weighted by molar-refractivity contribution is 5.90. The number of amides is 1. The lowest BCUT2D eigenvalue weighted by atomic mass is 9.83. The molecule has 1 fully saturated rings. The van der Waals surface area contributed by atoms with Crippen molar-refractivity contribution in [3.63, 3.8) is 0 Å². The SMILES string of the molecule is Cc1cc(/C=C/C(=O)O[C@@H](C)C(=O)NC2(C#N)CCCCC2)c(C)n1Cc1ccco1. The van der Waals surface area contributed by atoms with Gasteiger partial charge in [-0.25, -0.2) is 4.79 Å². The fourth-order valence-corrected chi connectivity index (χ4v) is 3.98. The lowest BCUT2D eigenvalue weighted by Crippen LogP contribution is -2.52. The third kappa shape index (κ3) is 5.46. The smallest absolute Gasteiger partial charge is 0.331 e. The van der Waals surface area contributed by atoms with E-state index in [1.807, 2.05) is 32.0 Å². The van der Waals surface area contributed by atoms with Crippen LogP contribution in [0, 0.1) is 25.2 Å². The van der Waals surface area contributed by atoms with E-state index in [0.717, 1.165) is 42.0 Å². The van der Waals surface area contributed by atoms with Crippen LogP contribution in [0.25, 0.3) is 6.08 Å². The molecule has 31 heavy (non-hydrogen) atoms. The number of aromatic nitrogens is 1. The van der Waals surface area contributed by atoms with Crippen LogP contribution in [-0.2, 0) is 20.9 Å². The maximum absolute atomic E-state index is 12.5. The maximum atomic E-state index is 12.5. The molecule has 1 atom stereocenters. The Morgan fingerprint density at radius 3 is 2.74 bits per heavy atom. The normalized spacial score (nSPS) is 16.6.